The number of benzene rings is 1. The quantitative estimate of drug-likeness (QED) is 0.525. The van der Waals surface area contributed by atoms with Crippen LogP contribution in [0.2, 0.25) is 0 Å². The molecule has 4 nitrogen and oxygen atoms in total. The van der Waals surface area contributed by atoms with E-state index in [-0.39, 0.29) is 5.17 Å². The monoisotopic (exact) mass is 276 g/mol. The van der Waals surface area contributed by atoms with Gasteiger partial charge in [0.05, 0.1) is 5.56 Å². The Balaban J connectivity index is 2.19. The van der Waals surface area contributed by atoms with Crippen LogP contribution >= 0.6 is 11.6 Å². The van der Waals surface area contributed by atoms with Gasteiger partial charge in [-0.15, -0.1) is 0 Å². The van der Waals surface area contributed by atoms with E-state index in [9.17, 15) is 0 Å². The number of aromatic nitrogens is 1. The molecule has 3 rings (SSSR count). The summed E-state index contributed by atoms with van der Waals surface area (Å²) in [6, 6.07) is 7.84. The molecule has 0 saturated heterocycles. The Labute approximate surface area is 115 Å². The van der Waals surface area contributed by atoms with Gasteiger partial charge >= 0.3 is 0 Å². The van der Waals surface area contributed by atoms with Crippen molar-refractivity contribution < 1.29 is 9.73 Å². The van der Waals surface area contributed by atoms with Gasteiger partial charge in [0, 0.05) is 11.5 Å². The van der Waals surface area contributed by atoms with Crippen molar-refractivity contribution in [2.45, 2.75) is 25.7 Å². The number of aryl methyl sites for hydroxylation is 1. The van der Waals surface area contributed by atoms with Gasteiger partial charge in [-0.05, 0) is 25.3 Å². The second-order valence-corrected chi connectivity index (χ2v) is 5.11. The molecular weight excluding hydrogens is 264 g/mol. The van der Waals surface area contributed by atoms with Crippen LogP contribution in [0.4, 0.5) is 0 Å². The van der Waals surface area contributed by atoms with Crippen molar-refractivity contribution in [3.8, 4) is 11.3 Å². The van der Waals surface area contributed by atoms with Crippen molar-refractivity contribution in [3.05, 3.63) is 41.2 Å². The molecule has 1 heterocycles. The smallest absolute Gasteiger partial charge is 0.181 e. The highest BCUT2D eigenvalue weighted by Crippen LogP contribution is 2.44. The first kappa shape index (κ1) is 12.2. The standard InChI is InChI=1S/C14H13ClN2O2/c1-8-4-2-3-5-10(8)12-11(14(15)16-18)13(19-17-12)9-6-7-9/h2-5,9,18H,6-7H2,1H3/b16-14+. The lowest BCUT2D eigenvalue weighted by molar-refractivity contribution is 0.320. The van der Waals surface area contributed by atoms with E-state index in [1.165, 1.54) is 0 Å². The van der Waals surface area contributed by atoms with Crippen LogP contribution in [-0.4, -0.2) is 15.5 Å². The number of oxime groups is 1. The topological polar surface area (TPSA) is 58.6 Å². The number of hydrogen-bond donors (Lipinski definition) is 1. The molecule has 1 aliphatic rings. The molecule has 0 unspecified atom stereocenters. The number of nitrogens with zero attached hydrogens (tertiary/aromatic N) is 2. The van der Waals surface area contributed by atoms with Crippen molar-refractivity contribution in [2.24, 2.45) is 5.16 Å². The van der Waals surface area contributed by atoms with Crippen LogP contribution in [0.3, 0.4) is 0 Å². The molecule has 1 aromatic heterocycles. The van der Waals surface area contributed by atoms with Gasteiger partial charge < -0.3 is 9.73 Å². The zero-order valence-electron chi connectivity index (χ0n) is 10.4. The lowest BCUT2D eigenvalue weighted by atomic mass is 10.0. The maximum atomic E-state index is 8.96. The van der Waals surface area contributed by atoms with Crippen molar-refractivity contribution in [3.63, 3.8) is 0 Å². The maximum absolute atomic E-state index is 8.96. The molecule has 19 heavy (non-hydrogen) atoms. The van der Waals surface area contributed by atoms with Crippen molar-refractivity contribution >= 4 is 16.8 Å². The molecule has 0 aliphatic heterocycles. The molecule has 1 aliphatic carbocycles. The van der Waals surface area contributed by atoms with E-state index in [0.717, 1.165) is 29.7 Å². The van der Waals surface area contributed by atoms with Crippen LogP contribution in [0, 0.1) is 6.92 Å². The van der Waals surface area contributed by atoms with Gasteiger partial charge in [0.2, 0.25) is 0 Å². The maximum Gasteiger partial charge on any atom is 0.181 e. The Morgan fingerprint density at radius 3 is 2.79 bits per heavy atom. The highest BCUT2D eigenvalue weighted by atomic mass is 35.5. The van der Waals surface area contributed by atoms with Gasteiger partial charge in [-0.1, -0.05) is 46.2 Å². The van der Waals surface area contributed by atoms with Crippen LogP contribution < -0.4 is 0 Å². The summed E-state index contributed by atoms with van der Waals surface area (Å²) < 4.78 is 5.43. The third-order valence-corrected chi connectivity index (χ3v) is 3.63. The summed E-state index contributed by atoms with van der Waals surface area (Å²) >= 11 is 6.02. The van der Waals surface area contributed by atoms with Crippen molar-refractivity contribution in [1.82, 2.24) is 5.16 Å². The van der Waals surface area contributed by atoms with Gasteiger partial charge in [0.25, 0.3) is 0 Å². The molecule has 1 fully saturated rings. The van der Waals surface area contributed by atoms with Gasteiger partial charge in [-0.3, -0.25) is 0 Å². The van der Waals surface area contributed by atoms with Crippen LogP contribution in [0.15, 0.2) is 33.9 Å². The second kappa shape index (κ2) is 4.70. The Kier molecular flexibility index (Phi) is 3.03. The minimum atomic E-state index is 0.0291. The number of rotatable bonds is 3. The second-order valence-electron chi connectivity index (χ2n) is 4.75. The van der Waals surface area contributed by atoms with Crippen LogP contribution in [0.1, 0.15) is 35.6 Å². The Bertz CT molecular complexity index is 645. The lowest BCUT2D eigenvalue weighted by Gasteiger charge is -2.03. The SMILES string of the molecule is Cc1ccccc1-c1noc(C2CC2)c1/C(Cl)=N\O. The van der Waals surface area contributed by atoms with Crippen LogP contribution in [-0.2, 0) is 0 Å². The van der Waals surface area contributed by atoms with E-state index in [4.69, 9.17) is 21.3 Å². The summed E-state index contributed by atoms with van der Waals surface area (Å²) in [5, 5.41) is 16.2. The molecule has 2 aromatic rings. The van der Waals surface area contributed by atoms with Crippen molar-refractivity contribution in [1.29, 1.82) is 0 Å². The molecule has 1 N–H and O–H groups in total. The van der Waals surface area contributed by atoms with Gasteiger partial charge in [-0.2, -0.15) is 0 Å². The fourth-order valence-electron chi connectivity index (χ4n) is 2.20. The predicted octanol–water partition coefficient (Wildman–Crippen LogP) is 3.90. The van der Waals surface area contributed by atoms with E-state index >= 15 is 0 Å². The van der Waals surface area contributed by atoms with Crippen LogP contribution in [0.25, 0.3) is 11.3 Å². The lowest BCUT2D eigenvalue weighted by Crippen LogP contribution is -1.97. The van der Waals surface area contributed by atoms with Crippen LogP contribution in [0.5, 0.6) is 0 Å². The van der Waals surface area contributed by atoms with E-state index in [1.807, 2.05) is 31.2 Å². The molecule has 98 valence electrons. The first-order chi connectivity index (χ1) is 9.22. The molecular formula is C14H13ClN2O2. The van der Waals surface area contributed by atoms with Gasteiger partial charge in [0.15, 0.2) is 10.9 Å². The number of halogens is 1. The largest absolute Gasteiger partial charge is 0.410 e. The normalized spacial score (nSPS) is 15.8. The molecule has 0 amide bonds. The summed E-state index contributed by atoms with van der Waals surface area (Å²) in [4.78, 5) is 0. The Morgan fingerprint density at radius 1 is 1.42 bits per heavy atom. The molecule has 1 aromatic carbocycles. The summed E-state index contributed by atoms with van der Waals surface area (Å²) in [6.45, 7) is 1.99. The Morgan fingerprint density at radius 2 is 2.16 bits per heavy atom. The highest BCUT2D eigenvalue weighted by Gasteiger charge is 2.34. The van der Waals surface area contributed by atoms with Crippen molar-refractivity contribution in [2.75, 3.05) is 0 Å². The zero-order chi connectivity index (χ0) is 13.4. The predicted molar refractivity (Wildman–Crippen MR) is 72.8 cm³/mol. The minimum absolute atomic E-state index is 0.0291. The van der Waals surface area contributed by atoms with Gasteiger partial charge in [0.1, 0.15) is 5.69 Å². The summed E-state index contributed by atoms with van der Waals surface area (Å²) in [7, 11) is 0. The highest BCUT2D eigenvalue weighted by molar-refractivity contribution is 6.70. The van der Waals surface area contributed by atoms with E-state index in [0.29, 0.717) is 17.2 Å². The summed E-state index contributed by atoms with van der Waals surface area (Å²) in [5.74, 6) is 1.07. The zero-order valence-corrected chi connectivity index (χ0v) is 11.2. The first-order valence-electron chi connectivity index (χ1n) is 6.16. The molecule has 1 saturated carbocycles. The van der Waals surface area contributed by atoms with E-state index < -0.39 is 0 Å². The van der Waals surface area contributed by atoms with Gasteiger partial charge in [-0.25, -0.2) is 0 Å². The summed E-state index contributed by atoms with van der Waals surface area (Å²) in [6.07, 6.45) is 2.12. The minimum Gasteiger partial charge on any atom is -0.410 e. The Hall–Kier alpha value is -1.81. The fourth-order valence-corrected chi connectivity index (χ4v) is 2.38. The average molecular weight is 277 g/mol. The third-order valence-electron chi connectivity index (χ3n) is 3.36. The molecule has 0 radical (unpaired) electrons. The fraction of sp³-hybridized carbons (Fsp3) is 0.286. The molecule has 0 atom stereocenters. The molecule has 5 heteroatoms. The average Bonchev–Trinajstić information content (AvgIpc) is 3.18. The molecule has 0 spiro atoms. The number of hydrogen-bond acceptors (Lipinski definition) is 4. The van der Waals surface area contributed by atoms with E-state index in [1.54, 1.807) is 0 Å². The first-order valence-corrected chi connectivity index (χ1v) is 6.53. The third kappa shape index (κ3) is 2.12. The summed E-state index contributed by atoms with van der Waals surface area (Å²) in [5.41, 5.74) is 3.26. The molecule has 0 bridgehead atoms. The van der Waals surface area contributed by atoms with E-state index in [2.05, 4.69) is 10.3 Å².